The fourth-order valence-corrected chi connectivity index (χ4v) is 0.585. The third-order valence-corrected chi connectivity index (χ3v) is 1.26. The molecule has 0 N–H and O–H groups in total. The van der Waals surface area contributed by atoms with Crippen LogP contribution in [0.3, 0.4) is 0 Å². The monoisotopic (exact) mass is 154 g/mol. The minimum Gasteiger partial charge on any atom is -0.498 e. The maximum atomic E-state index is 5.03. The Bertz CT molecular complexity index is 178. The van der Waals surface area contributed by atoms with E-state index in [0.29, 0.717) is 5.76 Å². The van der Waals surface area contributed by atoms with E-state index in [1.165, 1.54) is 0 Å². The Morgan fingerprint density at radius 2 is 1.91 bits per heavy atom. The van der Waals surface area contributed by atoms with Crippen molar-refractivity contribution in [1.82, 2.24) is 0 Å². The van der Waals surface area contributed by atoms with Crippen LogP contribution in [0, 0.1) is 0 Å². The topological polar surface area (TPSA) is 18.5 Å². The zero-order chi connectivity index (χ0) is 8.69. The van der Waals surface area contributed by atoms with Crippen molar-refractivity contribution in [3.63, 3.8) is 0 Å². The van der Waals surface area contributed by atoms with Crippen LogP contribution in [0.5, 0.6) is 0 Å². The average molecular weight is 154 g/mol. The van der Waals surface area contributed by atoms with Crippen LogP contribution in [0.1, 0.15) is 6.92 Å². The highest BCUT2D eigenvalue weighted by Crippen LogP contribution is 2.06. The highest BCUT2D eigenvalue weighted by molar-refractivity contribution is 5.18. The number of ether oxygens (including phenoxy) is 2. The first kappa shape index (κ1) is 9.82. The highest BCUT2D eigenvalue weighted by atomic mass is 16.5. The number of hydrogen-bond donors (Lipinski definition) is 0. The average Bonchev–Trinajstić information content (AvgIpc) is 2.05. The van der Waals surface area contributed by atoms with E-state index in [2.05, 4.69) is 6.58 Å². The lowest BCUT2D eigenvalue weighted by Gasteiger charge is -2.04. The van der Waals surface area contributed by atoms with Gasteiger partial charge in [0.2, 0.25) is 0 Å². The molecule has 0 rings (SSSR count). The predicted molar refractivity (Wildman–Crippen MR) is 46.1 cm³/mol. The second-order valence-corrected chi connectivity index (χ2v) is 1.92. The van der Waals surface area contributed by atoms with E-state index >= 15 is 0 Å². The highest BCUT2D eigenvalue weighted by Gasteiger charge is 1.95. The molecule has 0 saturated heterocycles. The molecule has 0 aliphatic heterocycles. The van der Waals surface area contributed by atoms with Crippen molar-refractivity contribution in [2.45, 2.75) is 6.92 Å². The number of rotatable bonds is 4. The molecular formula is C9H14O2. The summed E-state index contributed by atoms with van der Waals surface area (Å²) in [6, 6.07) is 0. The minimum atomic E-state index is 0.715. The summed E-state index contributed by atoms with van der Waals surface area (Å²) in [7, 11) is 3.21. The third kappa shape index (κ3) is 3.50. The lowest BCUT2D eigenvalue weighted by Crippen LogP contribution is -1.90. The van der Waals surface area contributed by atoms with Gasteiger partial charge in [0.15, 0.2) is 5.76 Å². The van der Waals surface area contributed by atoms with Gasteiger partial charge in [-0.2, -0.15) is 0 Å². The molecule has 0 heterocycles. The molecule has 0 atom stereocenters. The van der Waals surface area contributed by atoms with E-state index in [1.807, 2.05) is 6.92 Å². The molecule has 0 aromatic rings. The van der Waals surface area contributed by atoms with E-state index in [4.69, 9.17) is 9.47 Å². The summed E-state index contributed by atoms with van der Waals surface area (Å²) in [6.07, 6.45) is 5.27. The summed E-state index contributed by atoms with van der Waals surface area (Å²) >= 11 is 0. The molecule has 0 spiro atoms. The van der Waals surface area contributed by atoms with E-state index in [0.717, 1.165) is 5.76 Å². The van der Waals surface area contributed by atoms with Crippen molar-refractivity contribution in [1.29, 1.82) is 0 Å². The quantitative estimate of drug-likeness (QED) is 0.456. The van der Waals surface area contributed by atoms with Crippen molar-refractivity contribution >= 4 is 0 Å². The normalized spacial score (nSPS) is 12.6. The molecular weight excluding hydrogens is 140 g/mol. The SMILES string of the molecule is C=C/C=C\C(OC)=C(/C)OC. The minimum absolute atomic E-state index is 0.715. The largest absolute Gasteiger partial charge is 0.498 e. The van der Waals surface area contributed by atoms with Gasteiger partial charge in [-0.25, -0.2) is 0 Å². The van der Waals surface area contributed by atoms with Crippen LogP contribution >= 0.6 is 0 Å². The van der Waals surface area contributed by atoms with Crippen LogP contribution in [0.2, 0.25) is 0 Å². The van der Waals surface area contributed by atoms with Gasteiger partial charge in [0, 0.05) is 0 Å². The van der Waals surface area contributed by atoms with Crippen molar-refractivity contribution in [2.24, 2.45) is 0 Å². The summed E-state index contributed by atoms with van der Waals surface area (Å²) in [6.45, 7) is 5.39. The number of methoxy groups -OCH3 is 2. The van der Waals surface area contributed by atoms with E-state index < -0.39 is 0 Å². The molecule has 0 aromatic carbocycles. The van der Waals surface area contributed by atoms with Gasteiger partial charge >= 0.3 is 0 Å². The second kappa shape index (κ2) is 5.59. The van der Waals surface area contributed by atoms with Gasteiger partial charge in [-0.1, -0.05) is 18.7 Å². The zero-order valence-corrected chi connectivity index (χ0v) is 7.26. The van der Waals surface area contributed by atoms with Crippen LogP contribution in [-0.4, -0.2) is 14.2 Å². The van der Waals surface area contributed by atoms with Crippen molar-refractivity contribution in [3.8, 4) is 0 Å². The second-order valence-electron chi connectivity index (χ2n) is 1.92. The fraction of sp³-hybridized carbons (Fsp3) is 0.333. The summed E-state index contributed by atoms with van der Waals surface area (Å²) in [5.41, 5.74) is 0. The zero-order valence-electron chi connectivity index (χ0n) is 7.26. The fourth-order valence-electron chi connectivity index (χ4n) is 0.585. The van der Waals surface area contributed by atoms with Gasteiger partial charge in [0.1, 0.15) is 5.76 Å². The van der Waals surface area contributed by atoms with Gasteiger partial charge in [0.05, 0.1) is 14.2 Å². The van der Waals surface area contributed by atoms with E-state index in [-0.39, 0.29) is 0 Å². The number of hydrogen-bond acceptors (Lipinski definition) is 2. The van der Waals surface area contributed by atoms with Crippen LogP contribution in [0.4, 0.5) is 0 Å². The summed E-state index contributed by atoms with van der Waals surface area (Å²) in [5, 5.41) is 0. The Balaban J connectivity index is 4.37. The van der Waals surface area contributed by atoms with Crippen LogP contribution < -0.4 is 0 Å². The van der Waals surface area contributed by atoms with Gasteiger partial charge in [-0.05, 0) is 13.0 Å². The van der Waals surface area contributed by atoms with Crippen LogP contribution in [0.15, 0.2) is 36.3 Å². The Kier molecular flexibility index (Phi) is 4.99. The summed E-state index contributed by atoms with van der Waals surface area (Å²) in [5.74, 6) is 1.47. The Labute approximate surface area is 67.8 Å². The lowest BCUT2D eigenvalue weighted by atomic mass is 10.3. The molecule has 62 valence electrons. The first-order chi connectivity index (χ1) is 5.26. The third-order valence-electron chi connectivity index (χ3n) is 1.26. The Morgan fingerprint density at radius 3 is 2.27 bits per heavy atom. The first-order valence-corrected chi connectivity index (χ1v) is 3.34. The molecule has 0 aliphatic carbocycles. The maximum absolute atomic E-state index is 5.03. The van der Waals surface area contributed by atoms with Crippen LogP contribution in [-0.2, 0) is 9.47 Å². The van der Waals surface area contributed by atoms with Crippen molar-refractivity contribution in [2.75, 3.05) is 14.2 Å². The number of allylic oxidation sites excluding steroid dienone is 4. The lowest BCUT2D eigenvalue weighted by molar-refractivity contribution is 0.232. The van der Waals surface area contributed by atoms with Gasteiger partial charge in [0.25, 0.3) is 0 Å². The molecule has 2 nitrogen and oxygen atoms in total. The Hall–Kier alpha value is -1.18. The van der Waals surface area contributed by atoms with E-state index in [9.17, 15) is 0 Å². The van der Waals surface area contributed by atoms with E-state index in [1.54, 1.807) is 32.4 Å². The maximum Gasteiger partial charge on any atom is 0.156 e. The standard InChI is InChI=1S/C9H14O2/c1-5-6-7-9(11-4)8(2)10-3/h5-7H,1H2,2-4H3/b7-6-,9-8-. The van der Waals surface area contributed by atoms with Gasteiger partial charge in [-0.15, -0.1) is 0 Å². The summed E-state index contributed by atoms with van der Waals surface area (Å²) in [4.78, 5) is 0. The molecule has 0 aromatic heterocycles. The van der Waals surface area contributed by atoms with Gasteiger partial charge in [-0.3, -0.25) is 0 Å². The molecule has 0 unspecified atom stereocenters. The first-order valence-electron chi connectivity index (χ1n) is 3.34. The van der Waals surface area contributed by atoms with Crippen molar-refractivity contribution < 1.29 is 9.47 Å². The molecule has 0 radical (unpaired) electrons. The van der Waals surface area contributed by atoms with Gasteiger partial charge < -0.3 is 9.47 Å². The summed E-state index contributed by atoms with van der Waals surface area (Å²) < 4.78 is 9.99. The predicted octanol–water partition coefficient (Wildman–Crippen LogP) is 2.25. The molecule has 0 saturated carbocycles. The molecule has 2 heteroatoms. The molecule has 0 bridgehead atoms. The molecule has 0 fully saturated rings. The van der Waals surface area contributed by atoms with Crippen molar-refractivity contribution in [3.05, 3.63) is 36.3 Å². The molecule has 0 aliphatic rings. The molecule has 11 heavy (non-hydrogen) atoms. The smallest absolute Gasteiger partial charge is 0.156 e. The Morgan fingerprint density at radius 1 is 1.27 bits per heavy atom. The van der Waals surface area contributed by atoms with Crippen LogP contribution in [0.25, 0.3) is 0 Å². The molecule has 0 amide bonds.